The van der Waals surface area contributed by atoms with Gasteiger partial charge >= 0.3 is 0 Å². The van der Waals surface area contributed by atoms with Crippen LogP contribution in [0.4, 0.5) is 0 Å². The van der Waals surface area contributed by atoms with Gasteiger partial charge in [-0.25, -0.2) is 0 Å². The van der Waals surface area contributed by atoms with Gasteiger partial charge < -0.3 is 0 Å². The van der Waals surface area contributed by atoms with Gasteiger partial charge in [-0.3, -0.25) is 14.5 Å². The summed E-state index contributed by atoms with van der Waals surface area (Å²) in [5.74, 6) is 0.922. The zero-order chi connectivity index (χ0) is 13.4. The van der Waals surface area contributed by atoms with E-state index >= 15 is 0 Å². The van der Waals surface area contributed by atoms with Gasteiger partial charge in [0.15, 0.2) is 0 Å². The fourth-order valence-electron chi connectivity index (χ4n) is 2.35. The lowest BCUT2D eigenvalue weighted by Gasteiger charge is -2.13. The van der Waals surface area contributed by atoms with Gasteiger partial charge in [0.1, 0.15) is 0 Å². The summed E-state index contributed by atoms with van der Waals surface area (Å²) in [6, 6.07) is 0. The Kier molecular flexibility index (Phi) is 7.40. The third kappa shape index (κ3) is 5.01. The molecule has 4 heteroatoms. The SMILES string of the molecule is CC1CC(=O)N(CCCCCCCCCS)C1=O. The van der Waals surface area contributed by atoms with Crippen LogP contribution in [0.25, 0.3) is 0 Å². The molecule has 0 aromatic heterocycles. The summed E-state index contributed by atoms with van der Waals surface area (Å²) in [6.45, 7) is 2.46. The second-order valence-corrected chi connectivity index (χ2v) is 5.63. The van der Waals surface area contributed by atoms with E-state index in [1.807, 2.05) is 6.92 Å². The van der Waals surface area contributed by atoms with E-state index < -0.39 is 0 Å². The van der Waals surface area contributed by atoms with Crippen molar-refractivity contribution in [2.75, 3.05) is 12.3 Å². The van der Waals surface area contributed by atoms with Gasteiger partial charge in [0, 0.05) is 18.9 Å². The number of hydrogen-bond acceptors (Lipinski definition) is 3. The molecule has 0 radical (unpaired) electrons. The van der Waals surface area contributed by atoms with Gasteiger partial charge in [0.05, 0.1) is 0 Å². The van der Waals surface area contributed by atoms with Gasteiger partial charge in [-0.05, 0) is 18.6 Å². The van der Waals surface area contributed by atoms with Crippen LogP contribution in [-0.4, -0.2) is 29.0 Å². The molecule has 1 atom stereocenters. The fraction of sp³-hybridized carbons (Fsp3) is 0.857. The van der Waals surface area contributed by atoms with E-state index in [-0.39, 0.29) is 17.7 Å². The van der Waals surface area contributed by atoms with Crippen molar-refractivity contribution in [1.82, 2.24) is 4.90 Å². The quantitative estimate of drug-likeness (QED) is 0.397. The summed E-state index contributed by atoms with van der Waals surface area (Å²) >= 11 is 4.18. The minimum Gasteiger partial charge on any atom is -0.282 e. The number of thiol groups is 1. The number of carbonyl (C=O) groups excluding carboxylic acids is 2. The fourth-order valence-corrected chi connectivity index (χ4v) is 2.57. The van der Waals surface area contributed by atoms with Crippen LogP contribution >= 0.6 is 12.6 Å². The molecular weight excluding hydrogens is 246 g/mol. The minimum atomic E-state index is -0.0984. The molecule has 1 fully saturated rings. The van der Waals surface area contributed by atoms with Crippen molar-refractivity contribution < 1.29 is 9.59 Å². The van der Waals surface area contributed by atoms with E-state index in [0.717, 1.165) is 18.6 Å². The van der Waals surface area contributed by atoms with Crippen molar-refractivity contribution in [2.24, 2.45) is 5.92 Å². The Morgan fingerprint density at radius 1 is 1.06 bits per heavy atom. The van der Waals surface area contributed by atoms with Crippen LogP contribution in [0.2, 0.25) is 0 Å². The van der Waals surface area contributed by atoms with Crippen molar-refractivity contribution >= 4 is 24.4 Å². The molecule has 0 saturated carbocycles. The van der Waals surface area contributed by atoms with Gasteiger partial charge in [-0.1, -0.05) is 39.0 Å². The minimum absolute atomic E-state index is 0.0151. The van der Waals surface area contributed by atoms with E-state index in [1.54, 1.807) is 0 Å². The van der Waals surface area contributed by atoms with Crippen LogP contribution in [0.1, 0.15) is 58.3 Å². The summed E-state index contributed by atoms with van der Waals surface area (Å²) in [5, 5.41) is 0. The van der Waals surface area contributed by atoms with Crippen LogP contribution in [-0.2, 0) is 9.59 Å². The number of unbranched alkanes of at least 4 members (excludes halogenated alkanes) is 6. The molecule has 2 amide bonds. The summed E-state index contributed by atoms with van der Waals surface area (Å²) in [6.07, 6.45) is 8.69. The molecule has 104 valence electrons. The maximum Gasteiger partial charge on any atom is 0.232 e. The second kappa shape index (κ2) is 8.57. The monoisotopic (exact) mass is 271 g/mol. The molecule has 1 heterocycles. The molecular formula is C14H25NO2S. The molecule has 0 aliphatic carbocycles. The molecule has 0 aromatic carbocycles. The number of rotatable bonds is 9. The van der Waals surface area contributed by atoms with Crippen molar-refractivity contribution in [1.29, 1.82) is 0 Å². The molecule has 1 aliphatic rings. The highest BCUT2D eigenvalue weighted by Gasteiger charge is 2.34. The lowest BCUT2D eigenvalue weighted by molar-refractivity contribution is -0.139. The highest BCUT2D eigenvalue weighted by atomic mass is 32.1. The molecule has 3 nitrogen and oxygen atoms in total. The molecule has 1 saturated heterocycles. The Balaban J connectivity index is 2.01. The Morgan fingerprint density at radius 2 is 1.61 bits per heavy atom. The molecule has 0 aromatic rings. The van der Waals surface area contributed by atoms with E-state index in [0.29, 0.717) is 13.0 Å². The van der Waals surface area contributed by atoms with Crippen LogP contribution in [0.5, 0.6) is 0 Å². The first kappa shape index (κ1) is 15.5. The molecule has 0 spiro atoms. The topological polar surface area (TPSA) is 37.4 Å². The Bertz CT molecular complexity index is 281. The number of imide groups is 1. The zero-order valence-corrected chi connectivity index (χ0v) is 12.3. The first-order valence-corrected chi connectivity index (χ1v) is 7.75. The van der Waals surface area contributed by atoms with Crippen molar-refractivity contribution in [2.45, 2.75) is 58.3 Å². The van der Waals surface area contributed by atoms with E-state index in [4.69, 9.17) is 0 Å². The standard InChI is InChI=1S/C14H25NO2S/c1-12-11-13(16)15(14(12)17)9-7-5-3-2-4-6-8-10-18/h12,18H,2-11H2,1H3. The van der Waals surface area contributed by atoms with Crippen molar-refractivity contribution in [3.05, 3.63) is 0 Å². The Morgan fingerprint density at radius 3 is 2.11 bits per heavy atom. The summed E-state index contributed by atoms with van der Waals surface area (Å²) in [7, 11) is 0. The number of amides is 2. The highest BCUT2D eigenvalue weighted by Crippen LogP contribution is 2.19. The number of nitrogens with zero attached hydrogens (tertiary/aromatic N) is 1. The molecule has 1 unspecified atom stereocenters. The summed E-state index contributed by atoms with van der Waals surface area (Å²) < 4.78 is 0. The number of hydrogen-bond donors (Lipinski definition) is 1. The highest BCUT2D eigenvalue weighted by molar-refractivity contribution is 7.80. The first-order chi connectivity index (χ1) is 8.66. The van der Waals surface area contributed by atoms with Crippen molar-refractivity contribution in [3.8, 4) is 0 Å². The number of carbonyl (C=O) groups is 2. The van der Waals surface area contributed by atoms with Crippen LogP contribution in [0.15, 0.2) is 0 Å². The van der Waals surface area contributed by atoms with E-state index in [9.17, 15) is 9.59 Å². The van der Waals surface area contributed by atoms with Crippen LogP contribution in [0.3, 0.4) is 0 Å². The largest absolute Gasteiger partial charge is 0.282 e. The normalized spacial score (nSPS) is 19.9. The van der Waals surface area contributed by atoms with Gasteiger partial charge in [0.25, 0.3) is 0 Å². The average molecular weight is 271 g/mol. The average Bonchev–Trinajstić information content (AvgIpc) is 2.58. The van der Waals surface area contributed by atoms with Crippen molar-refractivity contribution in [3.63, 3.8) is 0 Å². The van der Waals surface area contributed by atoms with Crippen LogP contribution < -0.4 is 0 Å². The predicted molar refractivity (Wildman–Crippen MR) is 76.7 cm³/mol. The Hall–Kier alpha value is -0.510. The summed E-state index contributed by atoms with van der Waals surface area (Å²) in [5.41, 5.74) is 0. The van der Waals surface area contributed by atoms with E-state index in [1.165, 1.54) is 37.0 Å². The van der Waals surface area contributed by atoms with E-state index in [2.05, 4.69) is 12.6 Å². The lowest BCUT2D eigenvalue weighted by atomic mass is 10.1. The Labute approximate surface area is 116 Å². The second-order valence-electron chi connectivity index (χ2n) is 5.19. The summed E-state index contributed by atoms with van der Waals surface area (Å²) in [4.78, 5) is 24.6. The van der Waals surface area contributed by atoms with Crippen LogP contribution in [0, 0.1) is 5.92 Å². The lowest BCUT2D eigenvalue weighted by Crippen LogP contribution is -2.31. The van der Waals surface area contributed by atoms with Gasteiger partial charge in [-0.15, -0.1) is 0 Å². The third-order valence-corrected chi connectivity index (χ3v) is 3.83. The number of likely N-dealkylation sites (tertiary alicyclic amines) is 1. The molecule has 18 heavy (non-hydrogen) atoms. The molecule has 0 N–H and O–H groups in total. The molecule has 0 bridgehead atoms. The zero-order valence-electron chi connectivity index (χ0n) is 11.4. The first-order valence-electron chi connectivity index (χ1n) is 7.12. The molecule has 1 rings (SSSR count). The smallest absolute Gasteiger partial charge is 0.232 e. The maximum absolute atomic E-state index is 11.7. The molecule has 1 aliphatic heterocycles. The third-order valence-electron chi connectivity index (χ3n) is 3.51. The van der Waals surface area contributed by atoms with Gasteiger partial charge in [0.2, 0.25) is 11.8 Å². The predicted octanol–water partition coefficient (Wildman–Crippen LogP) is 3.04. The maximum atomic E-state index is 11.7. The van der Waals surface area contributed by atoms with Gasteiger partial charge in [-0.2, -0.15) is 12.6 Å².